The Morgan fingerprint density at radius 2 is 2.17 bits per heavy atom. The lowest BCUT2D eigenvalue weighted by molar-refractivity contribution is -0.0418. The molecule has 0 saturated carbocycles. The number of rotatable bonds is 4. The number of ether oxygens (including phenoxy) is 1. The molecule has 4 nitrogen and oxygen atoms in total. The summed E-state index contributed by atoms with van der Waals surface area (Å²) in [5, 5.41) is 10.2. The van der Waals surface area contributed by atoms with Crippen LogP contribution >= 0.6 is 0 Å². The zero-order chi connectivity index (χ0) is 13.0. The molecule has 0 aromatic heterocycles. The maximum Gasteiger partial charge on any atom is 0.0916 e. The van der Waals surface area contributed by atoms with Crippen LogP contribution in [-0.4, -0.2) is 42.4 Å². The van der Waals surface area contributed by atoms with Gasteiger partial charge in [0, 0.05) is 25.3 Å². The van der Waals surface area contributed by atoms with Crippen LogP contribution in [0.3, 0.4) is 0 Å². The maximum absolute atomic E-state index is 10.2. The average Bonchev–Trinajstić information content (AvgIpc) is 2.39. The van der Waals surface area contributed by atoms with E-state index in [-0.39, 0.29) is 0 Å². The third-order valence-electron chi connectivity index (χ3n) is 3.43. The van der Waals surface area contributed by atoms with Crippen molar-refractivity contribution in [2.24, 2.45) is 0 Å². The second-order valence-electron chi connectivity index (χ2n) is 4.84. The van der Waals surface area contributed by atoms with Crippen LogP contribution < -0.4 is 5.73 Å². The smallest absolute Gasteiger partial charge is 0.0916 e. The van der Waals surface area contributed by atoms with E-state index in [1.165, 1.54) is 0 Å². The molecule has 1 aromatic rings. The van der Waals surface area contributed by atoms with Crippen LogP contribution in [0.2, 0.25) is 0 Å². The van der Waals surface area contributed by atoms with Crippen molar-refractivity contribution in [2.45, 2.75) is 25.6 Å². The summed E-state index contributed by atoms with van der Waals surface area (Å²) in [6.07, 6.45) is 0.868. The quantitative estimate of drug-likeness (QED) is 0.793. The van der Waals surface area contributed by atoms with Crippen molar-refractivity contribution < 1.29 is 9.84 Å². The minimum absolute atomic E-state index is 0.303. The molecule has 1 heterocycles. The third-order valence-corrected chi connectivity index (χ3v) is 3.43. The predicted molar refractivity (Wildman–Crippen MR) is 72.3 cm³/mol. The van der Waals surface area contributed by atoms with Crippen molar-refractivity contribution in [1.82, 2.24) is 4.90 Å². The minimum Gasteiger partial charge on any atom is -0.399 e. The van der Waals surface area contributed by atoms with Crippen molar-refractivity contribution in [3.8, 4) is 0 Å². The summed E-state index contributed by atoms with van der Waals surface area (Å²) in [6.45, 7) is 5.34. The fourth-order valence-corrected chi connectivity index (χ4v) is 2.26. The summed E-state index contributed by atoms with van der Waals surface area (Å²) < 4.78 is 5.62. The number of aliphatic hydroxyl groups excluding tert-OH is 1. The molecular formula is C14H22N2O2. The zero-order valence-electron chi connectivity index (χ0n) is 10.9. The lowest BCUT2D eigenvalue weighted by Gasteiger charge is -2.33. The molecule has 0 aliphatic carbocycles. The molecule has 1 aliphatic heterocycles. The first-order chi connectivity index (χ1) is 8.69. The van der Waals surface area contributed by atoms with Gasteiger partial charge < -0.3 is 15.6 Å². The van der Waals surface area contributed by atoms with Gasteiger partial charge in [-0.3, -0.25) is 4.90 Å². The number of β-amino-alcohol motifs (C(OH)–C–C–N with tert-alkyl or cyclic N) is 1. The molecule has 2 atom stereocenters. The number of morpholine rings is 1. The highest BCUT2D eigenvalue weighted by atomic mass is 16.5. The predicted octanol–water partition coefficient (Wildman–Crippen LogP) is 1.41. The van der Waals surface area contributed by atoms with Crippen molar-refractivity contribution in [3.05, 3.63) is 29.8 Å². The highest BCUT2D eigenvalue weighted by molar-refractivity contribution is 5.39. The van der Waals surface area contributed by atoms with E-state index in [1.807, 2.05) is 24.3 Å². The standard InChI is InChI=1S/C14H22N2O2/c1-2-13-9-16(7-8-18-13)10-14(17)11-3-5-12(15)6-4-11/h3-6,13-14,17H,2,7-10,15H2,1H3. The second kappa shape index (κ2) is 6.18. The van der Waals surface area contributed by atoms with Gasteiger partial charge in [-0.15, -0.1) is 0 Å². The van der Waals surface area contributed by atoms with Gasteiger partial charge in [-0.1, -0.05) is 19.1 Å². The maximum atomic E-state index is 10.2. The molecule has 0 spiro atoms. The Balaban J connectivity index is 1.90. The number of hydrogen-bond donors (Lipinski definition) is 2. The summed E-state index contributed by atoms with van der Waals surface area (Å²) in [4.78, 5) is 2.26. The van der Waals surface area contributed by atoms with Gasteiger partial charge in [0.15, 0.2) is 0 Å². The lowest BCUT2D eigenvalue weighted by Crippen LogP contribution is -2.43. The van der Waals surface area contributed by atoms with E-state index in [0.717, 1.165) is 37.4 Å². The van der Waals surface area contributed by atoms with E-state index in [9.17, 15) is 5.11 Å². The Kier molecular flexibility index (Phi) is 4.58. The number of benzene rings is 1. The van der Waals surface area contributed by atoms with E-state index in [1.54, 1.807) is 0 Å². The molecule has 1 fully saturated rings. The second-order valence-corrected chi connectivity index (χ2v) is 4.84. The molecule has 18 heavy (non-hydrogen) atoms. The summed E-state index contributed by atoms with van der Waals surface area (Å²) in [6, 6.07) is 7.43. The van der Waals surface area contributed by atoms with Gasteiger partial charge in [-0.25, -0.2) is 0 Å². The van der Waals surface area contributed by atoms with Gasteiger partial charge in [0.25, 0.3) is 0 Å². The van der Waals surface area contributed by atoms with Crippen molar-refractivity contribution in [2.75, 3.05) is 32.0 Å². The zero-order valence-corrected chi connectivity index (χ0v) is 10.9. The monoisotopic (exact) mass is 250 g/mol. The average molecular weight is 250 g/mol. The number of hydrogen-bond acceptors (Lipinski definition) is 4. The van der Waals surface area contributed by atoms with Crippen molar-refractivity contribution >= 4 is 5.69 Å². The Morgan fingerprint density at radius 3 is 2.83 bits per heavy atom. The molecule has 100 valence electrons. The van der Waals surface area contributed by atoms with Crippen LogP contribution in [0.1, 0.15) is 25.0 Å². The Hall–Kier alpha value is -1.10. The molecule has 3 N–H and O–H groups in total. The van der Waals surface area contributed by atoms with Crippen LogP contribution in [0.4, 0.5) is 5.69 Å². The number of nitrogens with zero attached hydrogens (tertiary/aromatic N) is 1. The molecule has 0 amide bonds. The molecule has 0 bridgehead atoms. The summed E-state index contributed by atoms with van der Waals surface area (Å²) >= 11 is 0. The molecule has 1 aliphatic rings. The Labute approximate surface area is 108 Å². The van der Waals surface area contributed by atoms with Gasteiger partial charge in [0.05, 0.1) is 18.8 Å². The summed E-state index contributed by atoms with van der Waals surface area (Å²) in [5.74, 6) is 0. The SMILES string of the molecule is CCC1CN(CC(O)c2ccc(N)cc2)CCO1. The van der Waals surface area contributed by atoms with Gasteiger partial charge in [-0.05, 0) is 24.1 Å². The van der Waals surface area contributed by atoms with Crippen molar-refractivity contribution in [1.29, 1.82) is 0 Å². The Bertz CT molecular complexity index is 367. The van der Waals surface area contributed by atoms with Gasteiger partial charge in [0.2, 0.25) is 0 Å². The first-order valence-electron chi connectivity index (χ1n) is 6.56. The van der Waals surface area contributed by atoms with E-state index in [4.69, 9.17) is 10.5 Å². The van der Waals surface area contributed by atoms with Crippen LogP contribution in [0.5, 0.6) is 0 Å². The minimum atomic E-state index is -0.457. The fourth-order valence-electron chi connectivity index (χ4n) is 2.26. The number of aliphatic hydroxyl groups is 1. The van der Waals surface area contributed by atoms with Gasteiger partial charge in [0.1, 0.15) is 0 Å². The first-order valence-corrected chi connectivity index (χ1v) is 6.56. The number of anilines is 1. The molecule has 2 rings (SSSR count). The molecule has 0 radical (unpaired) electrons. The van der Waals surface area contributed by atoms with Crippen LogP contribution in [0.15, 0.2) is 24.3 Å². The molecule has 4 heteroatoms. The third kappa shape index (κ3) is 3.45. The fraction of sp³-hybridized carbons (Fsp3) is 0.571. The molecule has 1 aromatic carbocycles. The Morgan fingerprint density at radius 1 is 1.44 bits per heavy atom. The molecule has 2 unspecified atom stereocenters. The highest BCUT2D eigenvalue weighted by Crippen LogP contribution is 2.18. The topological polar surface area (TPSA) is 58.7 Å². The normalized spacial score (nSPS) is 22.9. The molecular weight excluding hydrogens is 228 g/mol. The van der Waals surface area contributed by atoms with E-state index < -0.39 is 6.10 Å². The van der Waals surface area contributed by atoms with Crippen molar-refractivity contribution in [3.63, 3.8) is 0 Å². The van der Waals surface area contributed by atoms with Gasteiger partial charge >= 0.3 is 0 Å². The van der Waals surface area contributed by atoms with Crippen LogP contribution in [0, 0.1) is 0 Å². The van der Waals surface area contributed by atoms with E-state index in [2.05, 4.69) is 11.8 Å². The first kappa shape index (κ1) is 13.3. The lowest BCUT2D eigenvalue weighted by atomic mass is 10.1. The molecule has 1 saturated heterocycles. The number of nitrogen functional groups attached to an aromatic ring is 1. The largest absolute Gasteiger partial charge is 0.399 e. The summed E-state index contributed by atoms with van der Waals surface area (Å²) in [5.41, 5.74) is 7.28. The summed E-state index contributed by atoms with van der Waals surface area (Å²) in [7, 11) is 0. The van der Waals surface area contributed by atoms with Crippen LogP contribution in [-0.2, 0) is 4.74 Å². The van der Waals surface area contributed by atoms with E-state index >= 15 is 0 Å². The van der Waals surface area contributed by atoms with Crippen LogP contribution in [0.25, 0.3) is 0 Å². The van der Waals surface area contributed by atoms with Gasteiger partial charge in [-0.2, -0.15) is 0 Å². The number of nitrogens with two attached hydrogens (primary N) is 1. The van der Waals surface area contributed by atoms with E-state index in [0.29, 0.717) is 12.6 Å². The highest BCUT2D eigenvalue weighted by Gasteiger charge is 2.21.